The molecule has 1 N–H and O–H groups in total. The first kappa shape index (κ1) is 34.1. The van der Waals surface area contributed by atoms with Crippen LogP contribution >= 0.6 is 11.8 Å². The zero-order valence-corrected chi connectivity index (χ0v) is 25.5. The molecular weight excluding hydrogens is 530 g/mol. The number of carbonyl (C=O) groups excluding carboxylic acids is 1. The van der Waals surface area contributed by atoms with Crippen LogP contribution in [0.5, 0.6) is 0 Å². The van der Waals surface area contributed by atoms with Crippen LogP contribution in [0.3, 0.4) is 0 Å². The maximum atomic E-state index is 11.1. The Kier molecular flexibility index (Phi) is 18.0. The quantitative estimate of drug-likeness (QED) is 0.114. The maximum absolute atomic E-state index is 11.1. The third kappa shape index (κ3) is 14.9. The van der Waals surface area contributed by atoms with Gasteiger partial charge in [0, 0.05) is 33.9 Å². The average Bonchev–Trinajstić information content (AvgIpc) is 2.98. The number of carboxylic acid groups (broad SMARTS) is 2. The molecule has 0 aliphatic carbocycles. The van der Waals surface area contributed by atoms with E-state index in [1.165, 1.54) is 109 Å². The number of carboxylic acids is 2. The minimum Gasteiger partial charge on any atom is -0.545 e. The molecular formula is C35H47NO4S. The lowest BCUT2D eigenvalue weighted by molar-refractivity contribution is -0.697. The minimum atomic E-state index is -1.28. The van der Waals surface area contributed by atoms with Crippen LogP contribution in [-0.4, -0.2) is 17.0 Å². The van der Waals surface area contributed by atoms with Crippen LogP contribution in [-0.2, 0) is 6.54 Å². The Morgan fingerprint density at radius 1 is 0.634 bits per heavy atom. The van der Waals surface area contributed by atoms with Gasteiger partial charge in [-0.25, -0.2) is 9.36 Å². The number of nitrogens with zero attached hydrogens (tertiary/aromatic N) is 1. The van der Waals surface area contributed by atoms with E-state index in [1.807, 2.05) is 0 Å². The Labute approximate surface area is 251 Å². The minimum absolute atomic E-state index is 0.0488. The van der Waals surface area contributed by atoms with E-state index in [2.05, 4.69) is 42.1 Å². The Bertz CT molecular complexity index is 1080. The molecule has 2 aromatic carbocycles. The summed E-state index contributed by atoms with van der Waals surface area (Å²) in [5.74, 6) is -2.33. The summed E-state index contributed by atoms with van der Waals surface area (Å²) in [6.45, 7) is 3.47. The Balaban J connectivity index is 0.000000289. The molecule has 1 heterocycles. The normalized spacial score (nSPS) is 10.6. The van der Waals surface area contributed by atoms with Gasteiger partial charge in [-0.2, -0.15) is 0 Å². The predicted molar refractivity (Wildman–Crippen MR) is 165 cm³/mol. The van der Waals surface area contributed by atoms with Gasteiger partial charge in [0.1, 0.15) is 6.54 Å². The zero-order valence-electron chi connectivity index (χ0n) is 24.6. The lowest BCUT2D eigenvalue weighted by Crippen LogP contribution is -2.32. The third-order valence-electron chi connectivity index (χ3n) is 6.99. The van der Waals surface area contributed by atoms with Crippen molar-refractivity contribution in [2.75, 3.05) is 0 Å². The predicted octanol–water partition coefficient (Wildman–Crippen LogP) is 8.35. The summed E-state index contributed by atoms with van der Waals surface area (Å²) in [6.07, 6.45) is 24.4. The fraction of sp³-hybridized carbons (Fsp3) is 0.457. The number of pyridine rings is 1. The van der Waals surface area contributed by atoms with Gasteiger partial charge >= 0.3 is 5.97 Å². The first-order valence-corrected chi connectivity index (χ1v) is 16.1. The summed E-state index contributed by atoms with van der Waals surface area (Å²) < 4.78 is 2.29. The van der Waals surface area contributed by atoms with Crippen molar-refractivity contribution in [2.24, 2.45) is 0 Å². The standard InChI is InChI=1S/C21H38N.C14H10O4S/c1-2-3-4-5-6-7-8-9-10-11-12-13-14-16-19-22-20-17-15-18-21-22;15-13(16)9-5-1-3-7-11(9)19-12-8-4-2-6-10(12)14(17)18/h15,17-18,20-21H,2-14,16,19H2,1H3;1-8H,(H,15,16)(H,17,18)/q+1;/p-1. The second kappa shape index (κ2) is 21.6. The van der Waals surface area contributed by atoms with E-state index < -0.39 is 11.9 Å². The second-order valence-electron chi connectivity index (χ2n) is 10.4. The molecule has 0 aliphatic heterocycles. The third-order valence-corrected chi connectivity index (χ3v) is 8.14. The molecule has 0 radical (unpaired) electrons. The summed E-state index contributed by atoms with van der Waals surface area (Å²) in [7, 11) is 0. The smallest absolute Gasteiger partial charge is 0.336 e. The van der Waals surface area contributed by atoms with E-state index >= 15 is 0 Å². The molecule has 6 heteroatoms. The SMILES string of the molecule is CCCCCCCCCCCCCCCC[n+]1ccccc1.O=C([O-])c1ccccc1Sc1ccccc1C(=O)O. The Morgan fingerprint density at radius 2 is 1.07 bits per heavy atom. The number of unbranched alkanes of at least 4 members (excludes halogenated alkanes) is 13. The van der Waals surface area contributed by atoms with Crippen molar-refractivity contribution in [2.45, 2.75) is 113 Å². The number of aromatic nitrogens is 1. The molecule has 0 aliphatic rings. The van der Waals surface area contributed by atoms with E-state index in [1.54, 1.807) is 36.4 Å². The molecule has 3 aromatic rings. The largest absolute Gasteiger partial charge is 0.545 e. The fourth-order valence-electron chi connectivity index (χ4n) is 4.65. The monoisotopic (exact) mass is 577 g/mol. The topological polar surface area (TPSA) is 81.3 Å². The van der Waals surface area contributed by atoms with Gasteiger partial charge in [-0.3, -0.25) is 0 Å². The van der Waals surface area contributed by atoms with E-state index in [-0.39, 0.29) is 11.1 Å². The molecule has 0 atom stereocenters. The van der Waals surface area contributed by atoms with Crippen LogP contribution in [0.25, 0.3) is 0 Å². The van der Waals surface area contributed by atoms with Crippen molar-refractivity contribution >= 4 is 23.7 Å². The highest BCUT2D eigenvalue weighted by atomic mass is 32.2. The molecule has 0 unspecified atom stereocenters. The van der Waals surface area contributed by atoms with E-state index in [4.69, 9.17) is 5.11 Å². The van der Waals surface area contributed by atoms with Gasteiger partial charge < -0.3 is 15.0 Å². The van der Waals surface area contributed by atoms with Gasteiger partial charge in [0.05, 0.1) is 11.5 Å². The summed E-state index contributed by atoms with van der Waals surface area (Å²) in [5.41, 5.74) is 0.188. The molecule has 0 saturated heterocycles. The maximum Gasteiger partial charge on any atom is 0.336 e. The van der Waals surface area contributed by atoms with E-state index in [9.17, 15) is 14.7 Å². The van der Waals surface area contributed by atoms with E-state index in [0.717, 1.165) is 11.8 Å². The number of aromatic carboxylic acids is 2. The van der Waals surface area contributed by atoms with Crippen LogP contribution in [0.4, 0.5) is 0 Å². The van der Waals surface area contributed by atoms with Crippen LogP contribution in [0.2, 0.25) is 0 Å². The van der Waals surface area contributed by atoms with Crippen LogP contribution < -0.4 is 9.67 Å². The molecule has 3 rings (SSSR count). The van der Waals surface area contributed by atoms with Gasteiger partial charge in [-0.1, -0.05) is 132 Å². The number of rotatable bonds is 19. The number of benzene rings is 2. The van der Waals surface area contributed by atoms with Gasteiger partial charge in [0.2, 0.25) is 0 Å². The van der Waals surface area contributed by atoms with Crippen molar-refractivity contribution < 1.29 is 24.4 Å². The molecule has 222 valence electrons. The Morgan fingerprint density at radius 3 is 1.56 bits per heavy atom. The molecule has 0 amide bonds. The molecule has 5 nitrogen and oxygen atoms in total. The highest BCUT2D eigenvalue weighted by Gasteiger charge is 2.12. The van der Waals surface area contributed by atoms with Crippen LogP contribution in [0.15, 0.2) is 88.9 Å². The second-order valence-corrected chi connectivity index (χ2v) is 11.5. The van der Waals surface area contributed by atoms with Gasteiger partial charge in [0.15, 0.2) is 12.4 Å². The molecule has 0 saturated carbocycles. The molecule has 0 bridgehead atoms. The summed E-state index contributed by atoms with van der Waals surface area (Å²) >= 11 is 1.10. The lowest BCUT2D eigenvalue weighted by Gasteiger charge is -2.10. The van der Waals surface area contributed by atoms with Gasteiger partial charge in [0.25, 0.3) is 0 Å². The van der Waals surface area contributed by atoms with Crippen molar-refractivity contribution in [1.29, 1.82) is 0 Å². The average molecular weight is 578 g/mol. The van der Waals surface area contributed by atoms with Crippen LogP contribution in [0, 0.1) is 0 Å². The van der Waals surface area contributed by atoms with Crippen molar-refractivity contribution in [3.05, 3.63) is 90.3 Å². The number of carbonyl (C=O) groups is 2. The van der Waals surface area contributed by atoms with Crippen molar-refractivity contribution in [3.63, 3.8) is 0 Å². The first-order chi connectivity index (χ1) is 20.0. The van der Waals surface area contributed by atoms with Gasteiger partial charge in [-0.15, -0.1) is 0 Å². The summed E-state index contributed by atoms with van der Waals surface area (Å²) in [6, 6.07) is 19.1. The fourth-order valence-corrected chi connectivity index (χ4v) is 5.70. The number of aryl methyl sites for hydroxylation is 1. The number of hydrogen-bond acceptors (Lipinski definition) is 4. The summed E-state index contributed by atoms with van der Waals surface area (Å²) in [4.78, 5) is 23.0. The van der Waals surface area contributed by atoms with Crippen LogP contribution in [0.1, 0.15) is 118 Å². The molecule has 41 heavy (non-hydrogen) atoms. The number of hydrogen-bond donors (Lipinski definition) is 1. The van der Waals surface area contributed by atoms with Crippen molar-refractivity contribution in [3.8, 4) is 0 Å². The van der Waals surface area contributed by atoms with Crippen molar-refractivity contribution in [1.82, 2.24) is 0 Å². The molecule has 1 aromatic heterocycles. The molecule has 0 spiro atoms. The molecule has 0 fully saturated rings. The van der Waals surface area contributed by atoms with Gasteiger partial charge in [-0.05, 0) is 24.6 Å². The zero-order chi connectivity index (χ0) is 29.5. The first-order valence-electron chi connectivity index (χ1n) is 15.3. The highest BCUT2D eigenvalue weighted by Crippen LogP contribution is 2.32. The Hall–Kier alpha value is -3.12. The lowest BCUT2D eigenvalue weighted by atomic mass is 10.0. The van der Waals surface area contributed by atoms with E-state index in [0.29, 0.717) is 9.79 Å². The summed E-state index contributed by atoms with van der Waals surface area (Å²) in [5, 5.41) is 20.1. The highest BCUT2D eigenvalue weighted by molar-refractivity contribution is 7.99.